The first kappa shape index (κ1) is 16.2. The average molecular weight is 412 g/mol. The van der Waals surface area contributed by atoms with Crippen LogP contribution >= 0.6 is 11.6 Å². The molecule has 0 bridgehead atoms. The monoisotopic (exact) mass is 412 g/mol. The van der Waals surface area contributed by atoms with E-state index in [1.807, 2.05) is 60.7 Å². The third-order valence-electron chi connectivity index (χ3n) is 3.81. The number of rotatable bonds is 3. The number of hydrogen-bond donors (Lipinski definition) is 0. The number of benzene rings is 3. The maximum atomic E-state index is 13.2. The quantitative estimate of drug-likeness (QED) is 0.480. The molecule has 0 saturated carbocycles. The van der Waals surface area contributed by atoms with Crippen molar-refractivity contribution in [2.24, 2.45) is 0 Å². The van der Waals surface area contributed by atoms with E-state index in [0.29, 0.717) is 21.8 Å². The van der Waals surface area contributed by atoms with Gasteiger partial charge in [-0.2, -0.15) is 0 Å². The first-order valence-corrected chi connectivity index (χ1v) is 9.86. The molecule has 0 unspecified atom stereocenters. The van der Waals surface area contributed by atoms with Gasteiger partial charge in [0.05, 0.1) is 0 Å². The molecule has 0 N–H and O–H groups in total. The molecule has 0 aliphatic rings. The van der Waals surface area contributed by atoms with Crippen molar-refractivity contribution in [3.05, 3.63) is 94.1 Å². The predicted octanol–water partition coefficient (Wildman–Crippen LogP) is 3.77. The molecule has 0 saturated heterocycles. The molecular weight excluding hydrogens is 399 g/mol. The summed E-state index contributed by atoms with van der Waals surface area (Å²) < 4.78 is 8.00. The summed E-state index contributed by atoms with van der Waals surface area (Å²) in [4.78, 5) is 13.2. The van der Waals surface area contributed by atoms with Crippen LogP contribution in [0.2, 0.25) is 5.02 Å². The van der Waals surface area contributed by atoms with Gasteiger partial charge >= 0.3 is 156 Å². The van der Waals surface area contributed by atoms with E-state index in [-0.39, 0.29) is 20.4 Å². The zero-order valence-electron chi connectivity index (χ0n) is 13.1. The summed E-state index contributed by atoms with van der Waals surface area (Å²) in [5, 5.41) is 1.12. The molecule has 25 heavy (non-hydrogen) atoms. The first-order chi connectivity index (χ1) is 12.2. The molecule has 4 heteroatoms. The van der Waals surface area contributed by atoms with Crippen molar-refractivity contribution < 1.29 is 4.42 Å². The first-order valence-electron chi connectivity index (χ1n) is 7.77. The molecule has 0 radical (unpaired) electrons. The van der Waals surface area contributed by atoms with Gasteiger partial charge in [0.2, 0.25) is 0 Å². The van der Waals surface area contributed by atoms with E-state index in [1.54, 1.807) is 18.2 Å². The topological polar surface area (TPSA) is 30.2 Å². The molecule has 0 aliphatic heterocycles. The number of halogens is 1. The summed E-state index contributed by atoms with van der Waals surface area (Å²) >= 11 is 5.93. The van der Waals surface area contributed by atoms with Crippen LogP contribution in [0.4, 0.5) is 0 Å². The Bertz CT molecular complexity index is 1090. The van der Waals surface area contributed by atoms with Crippen molar-refractivity contribution in [2.75, 3.05) is 0 Å². The van der Waals surface area contributed by atoms with Crippen molar-refractivity contribution in [3.63, 3.8) is 0 Å². The van der Waals surface area contributed by atoms with E-state index < -0.39 is 0 Å². The van der Waals surface area contributed by atoms with Gasteiger partial charge < -0.3 is 0 Å². The van der Waals surface area contributed by atoms with Crippen LogP contribution in [-0.2, 0) is 0 Å². The number of hydrogen-bond acceptors (Lipinski definition) is 2. The van der Waals surface area contributed by atoms with Crippen LogP contribution in [0.15, 0.2) is 88.1 Å². The second kappa shape index (κ2) is 6.89. The Morgan fingerprint density at radius 3 is 2.24 bits per heavy atom. The van der Waals surface area contributed by atoms with Gasteiger partial charge in [0.1, 0.15) is 0 Å². The third kappa shape index (κ3) is 3.27. The minimum atomic E-state index is -0.152. The van der Waals surface area contributed by atoms with E-state index in [9.17, 15) is 4.79 Å². The van der Waals surface area contributed by atoms with Gasteiger partial charge in [0, 0.05) is 0 Å². The molecule has 0 spiro atoms. The normalized spacial score (nSPS) is 10.9. The fraction of sp³-hybridized carbons (Fsp3) is 0. The summed E-state index contributed by atoms with van der Waals surface area (Å²) in [5.74, 6) is 0.629. The maximum absolute atomic E-state index is 13.2. The molecule has 1 heterocycles. The Morgan fingerprint density at radius 1 is 0.840 bits per heavy atom. The van der Waals surface area contributed by atoms with Gasteiger partial charge in [-0.05, 0) is 0 Å². The Hall–Kier alpha value is -2.32. The van der Waals surface area contributed by atoms with Crippen LogP contribution in [0.25, 0.3) is 22.3 Å². The van der Waals surface area contributed by atoms with Crippen LogP contribution < -0.4 is 14.4 Å². The summed E-state index contributed by atoms with van der Waals surface area (Å²) in [6.07, 6.45) is 0. The van der Waals surface area contributed by atoms with Gasteiger partial charge in [-0.3, -0.25) is 0 Å². The Kier molecular flexibility index (Phi) is 4.46. The van der Waals surface area contributed by atoms with Gasteiger partial charge in [-0.1, -0.05) is 0 Å². The Labute approximate surface area is 156 Å². The molecule has 0 aliphatic carbocycles. The van der Waals surface area contributed by atoms with Crippen molar-refractivity contribution in [1.82, 2.24) is 0 Å². The van der Waals surface area contributed by atoms with E-state index in [1.165, 1.54) is 0 Å². The fourth-order valence-corrected chi connectivity index (χ4v) is 4.85. The summed E-state index contributed by atoms with van der Waals surface area (Å²) in [6, 6.07) is 24.9. The molecule has 122 valence electrons. The molecule has 2 nitrogen and oxygen atoms in total. The van der Waals surface area contributed by atoms with Crippen LogP contribution in [0.3, 0.4) is 0 Å². The molecule has 4 aromatic rings. The van der Waals surface area contributed by atoms with E-state index in [0.717, 1.165) is 14.5 Å². The molecule has 0 amide bonds. The van der Waals surface area contributed by atoms with Gasteiger partial charge in [-0.15, -0.1) is 0 Å². The summed E-state index contributed by atoms with van der Waals surface area (Å²) in [6.45, 7) is 0. The van der Waals surface area contributed by atoms with E-state index >= 15 is 0 Å². The van der Waals surface area contributed by atoms with Crippen LogP contribution in [0.1, 0.15) is 0 Å². The van der Waals surface area contributed by atoms with E-state index in [2.05, 4.69) is 0 Å². The van der Waals surface area contributed by atoms with Crippen molar-refractivity contribution in [2.45, 2.75) is 0 Å². The van der Waals surface area contributed by atoms with E-state index in [4.69, 9.17) is 16.0 Å². The molecular formula is C21H13ClO2Se. The van der Waals surface area contributed by atoms with Crippen LogP contribution in [-0.4, -0.2) is 15.0 Å². The van der Waals surface area contributed by atoms with Crippen LogP contribution in [0, 0.1) is 0 Å². The van der Waals surface area contributed by atoms with Gasteiger partial charge in [-0.25, -0.2) is 0 Å². The minimum absolute atomic E-state index is 0.0145. The van der Waals surface area contributed by atoms with Gasteiger partial charge in [0.15, 0.2) is 0 Å². The second-order valence-corrected chi connectivity index (χ2v) is 8.22. The predicted molar refractivity (Wildman–Crippen MR) is 104 cm³/mol. The van der Waals surface area contributed by atoms with Gasteiger partial charge in [0.25, 0.3) is 0 Å². The van der Waals surface area contributed by atoms with Crippen molar-refractivity contribution in [3.8, 4) is 11.3 Å². The zero-order valence-corrected chi connectivity index (χ0v) is 15.6. The molecule has 3 aromatic carbocycles. The second-order valence-electron chi connectivity index (χ2n) is 5.51. The molecule has 4 rings (SSSR count). The molecule has 1 aromatic heterocycles. The third-order valence-corrected chi connectivity index (χ3v) is 6.32. The molecule has 0 atom stereocenters. The Balaban J connectivity index is 1.99. The Morgan fingerprint density at radius 2 is 1.52 bits per heavy atom. The number of fused-ring (bicyclic) bond motifs is 1. The molecule has 0 fully saturated rings. The van der Waals surface area contributed by atoms with Crippen LogP contribution in [0.5, 0.6) is 0 Å². The standard InChI is InChI=1S/C21H13ClO2Se/c22-15-11-12-17-18(13-15)24-20(14-7-3-1-4-8-14)21(19(17)23)25-16-9-5-2-6-10-16/h1-13H. The van der Waals surface area contributed by atoms with Crippen molar-refractivity contribution >= 4 is 46.5 Å². The average Bonchev–Trinajstić information content (AvgIpc) is 2.65. The summed E-state index contributed by atoms with van der Waals surface area (Å²) in [5.41, 5.74) is 1.43. The summed E-state index contributed by atoms with van der Waals surface area (Å²) in [7, 11) is 0. The fourth-order valence-electron chi connectivity index (χ4n) is 2.63. The SMILES string of the molecule is O=c1c([Se]c2ccccc2)c(-c2ccccc2)oc2cc(Cl)ccc12. The zero-order chi connectivity index (χ0) is 17.2. The van der Waals surface area contributed by atoms with Crippen molar-refractivity contribution in [1.29, 1.82) is 0 Å².